The fourth-order valence-electron chi connectivity index (χ4n) is 5.37. The van der Waals surface area contributed by atoms with E-state index in [1.54, 1.807) is 11.8 Å². The number of ether oxygens (including phenoxy) is 1. The van der Waals surface area contributed by atoms with E-state index in [-0.39, 0.29) is 24.6 Å². The number of hydrogen-bond donors (Lipinski definition) is 2. The molecule has 1 saturated carbocycles. The van der Waals surface area contributed by atoms with Gasteiger partial charge < -0.3 is 25.0 Å². The van der Waals surface area contributed by atoms with Gasteiger partial charge in [-0.15, -0.1) is 5.10 Å². The van der Waals surface area contributed by atoms with Crippen molar-refractivity contribution in [3.63, 3.8) is 0 Å². The van der Waals surface area contributed by atoms with Crippen molar-refractivity contribution in [3.05, 3.63) is 30.4 Å². The van der Waals surface area contributed by atoms with Crippen LogP contribution in [0.25, 0.3) is 16.6 Å². The second-order valence-electron chi connectivity index (χ2n) is 10.5. The molecule has 2 N–H and O–H groups in total. The second-order valence-corrected chi connectivity index (χ2v) is 10.5. The van der Waals surface area contributed by atoms with Gasteiger partial charge in [0.05, 0.1) is 30.6 Å². The molecule has 200 valence electrons. The van der Waals surface area contributed by atoms with Crippen LogP contribution in [-0.4, -0.2) is 104 Å². The van der Waals surface area contributed by atoms with Gasteiger partial charge in [0.1, 0.15) is 6.54 Å². The zero-order valence-corrected chi connectivity index (χ0v) is 22.0. The number of nitrogens with zero attached hydrogens (tertiary/aromatic N) is 7. The molecule has 5 rings (SSSR count). The van der Waals surface area contributed by atoms with Crippen LogP contribution in [0, 0.1) is 0 Å². The smallest absolute Gasteiger partial charge is 0.244 e. The number of fused-ring (bicyclic) bond motifs is 1. The molecule has 1 aliphatic heterocycles. The highest BCUT2D eigenvalue weighted by Crippen LogP contribution is 2.37. The molecule has 0 aromatic carbocycles. The Balaban J connectivity index is 1.42. The molecule has 1 aliphatic carbocycles. The van der Waals surface area contributed by atoms with Gasteiger partial charge in [-0.25, -0.2) is 9.50 Å². The first-order valence-corrected chi connectivity index (χ1v) is 13.2. The summed E-state index contributed by atoms with van der Waals surface area (Å²) in [5.74, 6) is 0.942. The number of rotatable bonds is 8. The lowest BCUT2D eigenvalue weighted by molar-refractivity contribution is -0.133. The van der Waals surface area contributed by atoms with E-state index in [2.05, 4.69) is 33.4 Å². The summed E-state index contributed by atoms with van der Waals surface area (Å²) in [6, 6.07) is 2.25. The van der Waals surface area contributed by atoms with Crippen molar-refractivity contribution in [2.45, 2.75) is 57.2 Å². The lowest BCUT2D eigenvalue weighted by atomic mass is 9.85. The predicted molar refractivity (Wildman–Crippen MR) is 140 cm³/mol. The maximum absolute atomic E-state index is 12.8. The Labute approximate surface area is 217 Å². The van der Waals surface area contributed by atoms with E-state index in [1.807, 2.05) is 34.9 Å². The number of amides is 1. The molecule has 37 heavy (non-hydrogen) atoms. The molecule has 0 bridgehead atoms. The fourth-order valence-corrected chi connectivity index (χ4v) is 5.37. The summed E-state index contributed by atoms with van der Waals surface area (Å²) in [4.78, 5) is 21.6. The van der Waals surface area contributed by atoms with Gasteiger partial charge in [-0.1, -0.05) is 0 Å². The van der Waals surface area contributed by atoms with Crippen molar-refractivity contribution >= 4 is 17.4 Å². The quantitative estimate of drug-likeness (QED) is 0.472. The number of aliphatic hydroxyl groups excluding tert-OH is 1. The number of anilines is 1. The number of likely N-dealkylation sites (N-methyl/N-ethyl adjacent to an activating group) is 1. The Morgan fingerprint density at radius 1 is 1.19 bits per heavy atom. The van der Waals surface area contributed by atoms with E-state index in [9.17, 15) is 9.90 Å². The van der Waals surface area contributed by atoms with Crippen LogP contribution in [0.4, 0.5) is 5.95 Å². The summed E-state index contributed by atoms with van der Waals surface area (Å²) in [7, 11) is 3.76. The molecule has 1 atom stereocenters. The fraction of sp³-hybridized carbons (Fsp3) is 0.615. The lowest BCUT2D eigenvalue weighted by Gasteiger charge is -2.32. The third kappa shape index (κ3) is 5.78. The van der Waals surface area contributed by atoms with Crippen LogP contribution in [0.15, 0.2) is 24.7 Å². The van der Waals surface area contributed by atoms with E-state index in [4.69, 9.17) is 9.84 Å². The van der Waals surface area contributed by atoms with Gasteiger partial charge in [-0.05, 0) is 45.7 Å². The maximum Gasteiger partial charge on any atom is 0.244 e. The summed E-state index contributed by atoms with van der Waals surface area (Å²) >= 11 is 0. The molecule has 3 aromatic rings. The molecule has 3 aromatic heterocycles. The number of hydrogen-bond acceptors (Lipinski definition) is 8. The standard InChI is InChI=1S/C26H38N8O3/c1-18(17-37-3)29-26-27-14-24-22(12-23(34(24)30-26)19-4-6-21(35)7-5-19)20-13-28-33(15-20)16-25(36)32-10-8-31(2)9-11-32/h12-15,18-19,21,35H,4-11,16-17H2,1-3H3,(H,29,30)/t18-,19?,21?/m0/s1. The Kier molecular flexibility index (Phi) is 7.73. The highest BCUT2D eigenvalue weighted by molar-refractivity contribution is 5.81. The molecule has 0 unspecified atom stereocenters. The minimum absolute atomic E-state index is 0.0711. The van der Waals surface area contributed by atoms with Gasteiger partial charge in [-0.2, -0.15) is 5.10 Å². The van der Waals surface area contributed by atoms with Crippen molar-refractivity contribution in [2.75, 3.05) is 52.3 Å². The van der Waals surface area contributed by atoms with Gasteiger partial charge in [-0.3, -0.25) is 9.48 Å². The second kappa shape index (κ2) is 11.2. The third-order valence-electron chi connectivity index (χ3n) is 7.55. The molecule has 11 heteroatoms. The molecular formula is C26H38N8O3. The van der Waals surface area contributed by atoms with Crippen LogP contribution in [0.3, 0.4) is 0 Å². The number of carbonyl (C=O) groups excluding carboxylic acids is 1. The largest absolute Gasteiger partial charge is 0.393 e. The summed E-state index contributed by atoms with van der Waals surface area (Å²) < 4.78 is 8.95. The highest BCUT2D eigenvalue weighted by Gasteiger charge is 2.26. The first kappa shape index (κ1) is 25.6. The number of nitrogens with one attached hydrogen (secondary N) is 1. The van der Waals surface area contributed by atoms with Crippen LogP contribution in [0.5, 0.6) is 0 Å². The molecule has 4 heterocycles. The minimum Gasteiger partial charge on any atom is -0.393 e. The monoisotopic (exact) mass is 510 g/mol. The van der Waals surface area contributed by atoms with E-state index in [0.717, 1.165) is 74.2 Å². The van der Waals surface area contributed by atoms with E-state index in [0.29, 0.717) is 18.5 Å². The van der Waals surface area contributed by atoms with Crippen molar-refractivity contribution in [3.8, 4) is 11.1 Å². The molecule has 11 nitrogen and oxygen atoms in total. The van der Waals surface area contributed by atoms with Gasteiger partial charge in [0.2, 0.25) is 11.9 Å². The van der Waals surface area contributed by atoms with Crippen LogP contribution >= 0.6 is 0 Å². The van der Waals surface area contributed by atoms with Crippen molar-refractivity contribution in [2.24, 2.45) is 0 Å². The first-order valence-electron chi connectivity index (χ1n) is 13.2. The minimum atomic E-state index is -0.222. The Morgan fingerprint density at radius 2 is 1.95 bits per heavy atom. The molecule has 0 radical (unpaired) electrons. The number of aliphatic hydroxyl groups is 1. The van der Waals surface area contributed by atoms with E-state index < -0.39 is 0 Å². The molecular weight excluding hydrogens is 472 g/mol. The lowest BCUT2D eigenvalue weighted by Crippen LogP contribution is -2.48. The zero-order chi connectivity index (χ0) is 25.9. The van der Waals surface area contributed by atoms with Crippen LogP contribution in [0.2, 0.25) is 0 Å². The Hall–Kier alpha value is -3.02. The van der Waals surface area contributed by atoms with Crippen LogP contribution in [-0.2, 0) is 16.1 Å². The summed E-state index contributed by atoms with van der Waals surface area (Å²) in [5, 5.41) is 22.7. The highest BCUT2D eigenvalue weighted by atomic mass is 16.5. The van der Waals surface area contributed by atoms with E-state index in [1.165, 1.54) is 0 Å². The normalized spacial score (nSPS) is 21.9. The van der Waals surface area contributed by atoms with Gasteiger partial charge >= 0.3 is 0 Å². The van der Waals surface area contributed by atoms with Crippen molar-refractivity contribution < 1.29 is 14.6 Å². The number of carbonyl (C=O) groups is 1. The summed E-state index contributed by atoms with van der Waals surface area (Å²) in [6.45, 7) is 6.11. The van der Waals surface area contributed by atoms with E-state index >= 15 is 0 Å². The summed E-state index contributed by atoms with van der Waals surface area (Å²) in [6.07, 6.45) is 8.79. The number of methoxy groups -OCH3 is 1. The summed E-state index contributed by atoms with van der Waals surface area (Å²) in [5.41, 5.74) is 3.94. The van der Waals surface area contributed by atoms with Crippen molar-refractivity contribution in [1.82, 2.24) is 34.2 Å². The SMILES string of the molecule is COC[C@H](C)Nc1ncc2c(-c3cnn(CC(=O)N4CCN(C)CC4)c3)cc(C3CCC(O)CC3)n2n1. The Bertz CT molecular complexity index is 1210. The predicted octanol–water partition coefficient (Wildman–Crippen LogP) is 1.83. The molecule has 2 fully saturated rings. The van der Waals surface area contributed by atoms with Crippen LogP contribution in [0.1, 0.15) is 44.2 Å². The number of piperazine rings is 1. The molecule has 0 spiro atoms. The molecule has 2 aliphatic rings. The molecule has 1 amide bonds. The number of aromatic nitrogens is 5. The molecule has 1 saturated heterocycles. The van der Waals surface area contributed by atoms with Gasteiger partial charge in [0.15, 0.2) is 0 Å². The first-order chi connectivity index (χ1) is 17.9. The van der Waals surface area contributed by atoms with Gasteiger partial charge in [0.25, 0.3) is 0 Å². The van der Waals surface area contributed by atoms with Gasteiger partial charge in [0, 0.05) is 68.3 Å². The Morgan fingerprint density at radius 3 is 2.68 bits per heavy atom. The third-order valence-corrected chi connectivity index (χ3v) is 7.55. The van der Waals surface area contributed by atoms with Crippen LogP contribution < -0.4 is 5.32 Å². The topological polar surface area (TPSA) is 113 Å². The zero-order valence-electron chi connectivity index (χ0n) is 22.0. The average Bonchev–Trinajstić information content (AvgIpc) is 3.49. The van der Waals surface area contributed by atoms with Crippen molar-refractivity contribution in [1.29, 1.82) is 0 Å². The average molecular weight is 511 g/mol. The maximum atomic E-state index is 12.8.